The Morgan fingerprint density at radius 2 is 1.65 bits per heavy atom. The average molecular weight is 462 g/mol. The van der Waals surface area contributed by atoms with Crippen LogP contribution in [0.3, 0.4) is 0 Å². The maximum absolute atomic E-state index is 12.4. The summed E-state index contributed by atoms with van der Waals surface area (Å²) in [7, 11) is 0. The number of imide groups is 1. The van der Waals surface area contributed by atoms with Crippen LogP contribution < -0.4 is 4.90 Å². The van der Waals surface area contributed by atoms with E-state index in [-0.39, 0.29) is 29.2 Å². The smallest absolute Gasteiger partial charge is 0.338 e. The minimum absolute atomic E-state index is 0.0899. The third kappa shape index (κ3) is 5.50. The highest BCUT2D eigenvalue weighted by atomic mass is 35.5. The Morgan fingerprint density at radius 3 is 2.26 bits per heavy atom. The van der Waals surface area contributed by atoms with Gasteiger partial charge in [-0.1, -0.05) is 11.6 Å². The first kappa shape index (κ1) is 22.5. The molecule has 2 aromatic rings. The van der Waals surface area contributed by atoms with Gasteiger partial charge in [-0.2, -0.15) is 0 Å². The monoisotopic (exact) mass is 461 g/mol. The van der Waals surface area contributed by atoms with Crippen molar-refractivity contribution in [3.8, 4) is 0 Å². The number of hydrogen-bond acceptors (Lipinski definition) is 7. The summed E-state index contributed by atoms with van der Waals surface area (Å²) in [6.45, 7) is -0.451. The number of nitrogens with zero attached hydrogens (tertiary/aromatic N) is 1. The number of ether oxygens (including phenoxy) is 1. The van der Waals surface area contributed by atoms with Crippen LogP contribution in [0, 0.1) is 0 Å². The number of halogens is 1. The molecule has 1 unspecified atom stereocenters. The lowest BCUT2D eigenvalue weighted by Crippen LogP contribution is -2.31. The van der Waals surface area contributed by atoms with E-state index in [1.807, 2.05) is 0 Å². The number of thioether (sulfide) groups is 1. The normalized spacial score (nSPS) is 15.8. The predicted molar refractivity (Wildman–Crippen MR) is 113 cm³/mol. The topological polar surface area (TPSA) is 118 Å². The van der Waals surface area contributed by atoms with E-state index < -0.39 is 35.6 Å². The number of rotatable bonds is 8. The Morgan fingerprint density at radius 1 is 1.03 bits per heavy atom. The van der Waals surface area contributed by atoms with Crippen LogP contribution in [0.4, 0.5) is 5.69 Å². The van der Waals surface area contributed by atoms with Gasteiger partial charge in [-0.15, -0.1) is 11.8 Å². The van der Waals surface area contributed by atoms with Gasteiger partial charge in [-0.05, 0) is 48.5 Å². The fourth-order valence-corrected chi connectivity index (χ4v) is 3.84. The molecule has 0 saturated carbocycles. The molecule has 1 saturated heterocycles. The Labute approximate surface area is 186 Å². The van der Waals surface area contributed by atoms with Gasteiger partial charge in [0.05, 0.1) is 22.3 Å². The van der Waals surface area contributed by atoms with Crippen molar-refractivity contribution in [3.05, 3.63) is 64.7 Å². The zero-order valence-electron chi connectivity index (χ0n) is 15.9. The van der Waals surface area contributed by atoms with Crippen molar-refractivity contribution in [2.45, 2.75) is 11.7 Å². The standard InChI is InChI=1S/C21H16ClNO7S/c22-14-5-1-12(2-6-14)16(24)10-30-21(29)13-3-7-15(8-4-13)23-18(25)9-17(20(23)28)31-11-19(26)27/h1-8,17H,9-11H2,(H,26,27). The molecule has 1 atom stereocenters. The average Bonchev–Trinajstić information content (AvgIpc) is 3.04. The van der Waals surface area contributed by atoms with E-state index in [4.69, 9.17) is 21.4 Å². The minimum atomic E-state index is -1.07. The molecule has 0 radical (unpaired) electrons. The third-order valence-electron chi connectivity index (χ3n) is 4.37. The lowest BCUT2D eigenvalue weighted by Gasteiger charge is -2.15. The summed E-state index contributed by atoms with van der Waals surface area (Å²) in [5, 5.41) is 8.47. The van der Waals surface area contributed by atoms with Gasteiger partial charge in [-0.3, -0.25) is 19.2 Å². The summed E-state index contributed by atoms with van der Waals surface area (Å²) in [5.74, 6) is -3.42. The lowest BCUT2D eigenvalue weighted by atomic mass is 10.1. The highest BCUT2D eigenvalue weighted by molar-refractivity contribution is 8.01. The van der Waals surface area contributed by atoms with Crippen molar-refractivity contribution in [2.75, 3.05) is 17.3 Å². The molecule has 2 amide bonds. The third-order valence-corrected chi connectivity index (χ3v) is 5.81. The number of benzene rings is 2. The summed E-state index contributed by atoms with van der Waals surface area (Å²) in [5.41, 5.74) is 0.764. The van der Waals surface area contributed by atoms with Crippen LogP contribution in [0.15, 0.2) is 48.5 Å². The quantitative estimate of drug-likeness (QED) is 0.362. The van der Waals surface area contributed by atoms with Crippen LogP contribution in [0.2, 0.25) is 5.02 Å². The van der Waals surface area contributed by atoms with E-state index in [0.29, 0.717) is 10.6 Å². The largest absolute Gasteiger partial charge is 0.481 e. The van der Waals surface area contributed by atoms with E-state index >= 15 is 0 Å². The van der Waals surface area contributed by atoms with Crippen LogP contribution in [-0.2, 0) is 19.1 Å². The molecule has 1 aliphatic rings. The van der Waals surface area contributed by atoms with Gasteiger partial charge in [0, 0.05) is 17.0 Å². The van der Waals surface area contributed by atoms with Gasteiger partial charge in [0.25, 0.3) is 0 Å². The molecular weight excluding hydrogens is 446 g/mol. The van der Waals surface area contributed by atoms with Crippen molar-refractivity contribution in [1.82, 2.24) is 0 Å². The van der Waals surface area contributed by atoms with Gasteiger partial charge in [0.2, 0.25) is 11.8 Å². The first-order valence-corrected chi connectivity index (χ1v) is 10.4. The molecule has 8 nitrogen and oxygen atoms in total. The number of carboxylic acids is 1. The van der Waals surface area contributed by atoms with Crippen LogP contribution in [0.25, 0.3) is 0 Å². The first-order valence-electron chi connectivity index (χ1n) is 9.02. The molecule has 0 bridgehead atoms. The molecule has 1 N–H and O–H groups in total. The fourth-order valence-electron chi connectivity index (χ4n) is 2.86. The first-order chi connectivity index (χ1) is 14.8. The number of carbonyl (C=O) groups excluding carboxylic acids is 4. The van der Waals surface area contributed by atoms with Gasteiger partial charge in [0.15, 0.2) is 12.4 Å². The maximum atomic E-state index is 12.4. The zero-order valence-corrected chi connectivity index (χ0v) is 17.5. The summed E-state index contributed by atoms with van der Waals surface area (Å²) < 4.78 is 5.03. The Bertz CT molecular complexity index is 1040. The summed E-state index contributed by atoms with van der Waals surface area (Å²) in [6.07, 6.45) is -0.0899. The fraction of sp³-hybridized carbons (Fsp3) is 0.190. The number of carboxylic acid groups (broad SMARTS) is 1. The van der Waals surface area contributed by atoms with E-state index in [0.717, 1.165) is 16.7 Å². The number of aliphatic carboxylic acids is 1. The van der Waals surface area contributed by atoms with Crippen LogP contribution >= 0.6 is 23.4 Å². The van der Waals surface area contributed by atoms with Crippen molar-refractivity contribution >= 4 is 58.6 Å². The maximum Gasteiger partial charge on any atom is 0.338 e. The van der Waals surface area contributed by atoms with Gasteiger partial charge < -0.3 is 9.84 Å². The summed E-state index contributed by atoms with van der Waals surface area (Å²) in [4.78, 5) is 60.6. The number of anilines is 1. The molecular formula is C21H16ClNO7S. The second-order valence-electron chi connectivity index (χ2n) is 6.52. The van der Waals surface area contributed by atoms with Crippen molar-refractivity contribution < 1.29 is 33.8 Å². The molecule has 0 aromatic heterocycles. The van der Waals surface area contributed by atoms with E-state index in [9.17, 15) is 24.0 Å². The number of esters is 1. The lowest BCUT2D eigenvalue weighted by molar-refractivity contribution is -0.134. The number of hydrogen-bond donors (Lipinski definition) is 1. The molecule has 0 aliphatic carbocycles. The van der Waals surface area contributed by atoms with E-state index in [1.165, 1.54) is 36.4 Å². The number of Topliss-reactive ketones (excluding diaryl/α,β-unsaturated/α-hetero) is 1. The van der Waals surface area contributed by atoms with Gasteiger partial charge >= 0.3 is 11.9 Å². The van der Waals surface area contributed by atoms with E-state index in [2.05, 4.69) is 0 Å². The minimum Gasteiger partial charge on any atom is -0.481 e. The highest BCUT2D eigenvalue weighted by Crippen LogP contribution is 2.29. The molecule has 2 aromatic carbocycles. The molecule has 0 spiro atoms. The Kier molecular flexibility index (Phi) is 7.09. The molecule has 31 heavy (non-hydrogen) atoms. The molecule has 1 fully saturated rings. The van der Waals surface area contributed by atoms with Crippen LogP contribution in [0.1, 0.15) is 27.1 Å². The Hall–Kier alpha value is -3.17. The van der Waals surface area contributed by atoms with Gasteiger partial charge in [-0.25, -0.2) is 9.69 Å². The molecule has 1 aliphatic heterocycles. The number of amides is 2. The zero-order chi connectivity index (χ0) is 22.5. The van der Waals surface area contributed by atoms with Crippen molar-refractivity contribution in [3.63, 3.8) is 0 Å². The number of ketones is 1. The molecule has 10 heteroatoms. The second-order valence-corrected chi connectivity index (χ2v) is 8.15. The van der Waals surface area contributed by atoms with Gasteiger partial charge in [0.1, 0.15) is 0 Å². The molecule has 3 rings (SSSR count). The number of carbonyl (C=O) groups is 5. The summed E-state index contributed by atoms with van der Waals surface area (Å²) in [6, 6.07) is 11.8. The van der Waals surface area contributed by atoms with Crippen LogP contribution in [0.5, 0.6) is 0 Å². The highest BCUT2D eigenvalue weighted by Gasteiger charge is 2.40. The molecule has 1 heterocycles. The molecule has 160 valence electrons. The SMILES string of the molecule is O=C(O)CSC1CC(=O)N(c2ccc(C(=O)OCC(=O)c3ccc(Cl)cc3)cc2)C1=O. The van der Waals surface area contributed by atoms with Crippen LogP contribution in [-0.4, -0.2) is 52.3 Å². The second kappa shape index (κ2) is 9.76. The summed E-state index contributed by atoms with van der Waals surface area (Å²) >= 11 is 6.66. The van der Waals surface area contributed by atoms with Crippen molar-refractivity contribution in [2.24, 2.45) is 0 Å². The van der Waals surface area contributed by atoms with Crippen molar-refractivity contribution in [1.29, 1.82) is 0 Å². The van der Waals surface area contributed by atoms with E-state index in [1.54, 1.807) is 12.1 Å². The Balaban J connectivity index is 1.60. The predicted octanol–water partition coefficient (Wildman–Crippen LogP) is 2.83.